The Bertz CT molecular complexity index is 508. The summed E-state index contributed by atoms with van der Waals surface area (Å²) < 4.78 is 5.07. The van der Waals surface area contributed by atoms with Gasteiger partial charge in [-0.05, 0) is 31.2 Å². The van der Waals surface area contributed by atoms with Crippen molar-refractivity contribution in [2.45, 2.75) is 31.6 Å². The summed E-state index contributed by atoms with van der Waals surface area (Å²) >= 11 is 0. The maximum Gasteiger partial charge on any atom is 0.316 e. The van der Waals surface area contributed by atoms with Gasteiger partial charge in [-0.25, -0.2) is 0 Å². The van der Waals surface area contributed by atoms with Crippen molar-refractivity contribution in [2.75, 3.05) is 6.61 Å². The summed E-state index contributed by atoms with van der Waals surface area (Å²) in [5.41, 5.74) is 1.31. The van der Waals surface area contributed by atoms with E-state index in [1.807, 2.05) is 18.2 Å². The predicted molar refractivity (Wildman–Crippen MR) is 70.6 cm³/mol. The Kier molecular flexibility index (Phi) is 2.92. The molecule has 1 aromatic rings. The smallest absolute Gasteiger partial charge is 0.316 e. The highest BCUT2D eigenvalue weighted by molar-refractivity contribution is 6.01. The molecule has 3 unspecified atom stereocenters. The lowest BCUT2D eigenvalue weighted by atomic mass is 9.77. The zero-order chi connectivity index (χ0) is 13.5. The molecule has 2 saturated carbocycles. The third kappa shape index (κ3) is 1.88. The second-order valence-corrected chi connectivity index (χ2v) is 5.53. The van der Waals surface area contributed by atoms with Crippen molar-refractivity contribution in [1.82, 2.24) is 0 Å². The number of esters is 1. The monoisotopic (exact) mass is 258 g/mol. The van der Waals surface area contributed by atoms with Crippen LogP contribution in [0.15, 0.2) is 30.3 Å². The highest BCUT2D eigenvalue weighted by atomic mass is 16.5. The molecule has 0 radical (unpaired) electrons. The zero-order valence-corrected chi connectivity index (χ0v) is 11.1. The first kappa shape index (κ1) is 12.4. The molecule has 100 valence electrons. The lowest BCUT2D eigenvalue weighted by Gasteiger charge is -2.26. The number of hydrogen-bond acceptors (Lipinski definition) is 3. The first-order valence-corrected chi connectivity index (χ1v) is 6.94. The van der Waals surface area contributed by atoms with Gasteiger partial charge in [0.05, 0.1) is 6.61 Å². The van der Waals surface area contributed by atoms with Gasteiger partial charge in [-0.3, -0.25) is 9.59 Å². The van der Waals surface area contributed by atoms with Gasteiger partial charge in [-0.1, -0.05) is 30.3 Å². The van der Waals surface area contributed by atoms with Crippen LogP contribution in [0.5, 0.6) is 0 Å². The summed E-state index contributed by atoms with van der Waals surface area (Å²) in [5, 5.41) is 0. The molecule has 0 N–H and O–H groups in total. The largest absolute Gasteiger partial charge is 0.465 e. The summed E-state index contributed by atoms with van der Waals surface area (Å²) in [6, 6.07) is 10.3. The van der Waals surface area contributed by atoms with Crippen molar-refractivity contribution in [3.05, 3.63) is 35.9 Å². The minimum atomic E-state index is -0.533. The number of ketones is 1. The molecule has 0 bridgehead atoms. The average molecular weight is 258 g/mol. The van der Waals surface area contributed by atoms with Crippen LogP contribution in [-0.4, -0.2) is 18.4 Å². The molecule has 0 aliphatic heterocycles. The third-order valence-electron chi connectivity index (χ3n) is 4.59. The van der Waals surface area contributed by atoms with E-state index in [2.05, 4.69) is 12.1 Å². The van der Waals surface area contributed by atoms with Crippen LogP contribution >= 0.6 is 0 Å². The zero-order valence-electron chi connectivity index (χ0n) is 11.1. The van der Waals surface area contributed by atoms with Crippen LogP contribution in [0.1, 0.15) is 31.7 Å². The van der Waals surface area contributed by atoms with E-state index in [0.717, 1.165) is 12.8 Å². The van der Waals surface area contributed by atoms with Gasteiger partial charge in [0.15, 0.2) is 0 Å². The predicted octanol–water partition coefficient (Wildman–Crippen LogP) is 2.49. The fraction of sp³-hybridized carbons (Fsp3) is 0.500. The van der Waals surface area contributed by atoms with Gasteiger partial charge in [0.25, 0.3) is 0 Å². The molecule has 2 aliphatic rings. The van der Waals surface area contributed by atoms with Crippen LogP contribution in [0.25, 0.3) is 0 Å². The number of carbonyl (C=O) groups excluding carboxylic acids is 2. The molecule has 3 nitrogen and oxygen atoms in total. The number of Topliss-reactive ketones (excluding diaryl/α,β-unsaturated/α-hetero) is 1. The van der Waals surface area contributed by atoms with Gasteiger partial charge >= 0.3 is 5.97 Å². The number of ether oxygens (including phenoxy) is 1. The van der Waals surface area contributed by atoms with E-state index in [0.29, 0.717) is 13.0 Å². The summed E-state index contributed by atoms with van der Waals surface area (Å²) in [6.07, 6.45) is 2.30. The van der Waals surface area contributed by atoms with Gasteiger partial charge < -0.3 is 4.74 Å². The molecule has 3 rings (SSSR count). The summed E-state index contributed by atoms with van der Waals surface area (Å²) in [5.74, 6) is -0.647. The molecule has 2 fully saturated rings. The van der Waals surface area contributed by atoms with Gasteiger partial charge in [0, 0.05) is 11.8 Å². The number of benzene rings is 1. The highest BCUT2D eigenvalue weighted by Crippen LogP contribution is 2.63. The normalized spacial score (nSPS) is 32.6. The van der Waals surface area contributed by atoms with Crippen molar-refractivity contribution in [3.63, 3.8) is 0 Å². The topological polar surface area (TPSA) is 43.4 Å². The van der Waals surface area contributed by atoms with E-state index in [4.69, 9.17) is 4.74 Å². The Hall–Kier alpha value is -1.64. The summed E-state index contributed by atoms with van der Waals surface area (Å²) in [4.78, 5) is 24.0. The van der Waals surface area contributed by atoms with Crippen LogP contribution in [0.2, 0.25) is 0 Å². The van der Waals surface area contributed by atoms with Crippen molar-refractivity contribution >= 4 is 11.8 Å². The van der Waals surface area contributed by atoms with E-state index in [1.165, 1.54) is 5.56 Å². The van der Waals surface area contributed by atoms with E-state index in [9.17, 15) is 9.59 Å². The van der Waals surface area contributed by atoms with Crippen LogP contribution in [0.4, 0.5) is 0 Å². The Labute approximate surface area is 113 Å². The van der Waals surface area contributed by atoms with Gasteiger partial charge in [-0.2, -0.15) is 0 Å². The number of carbonyl (C=O) groups is 2. The summed E-state index contributed by atoms with van der Waals surface area (Å²) in [6.45, 7) is 2.12. The van der Waals surface area contributed by atoms with E-state index < -0.39 is 5.92 Å². The number of hydrogen-bond donors (Lipinski definition) is 0. The van der Waals surface area contributed by atoms with E-state index >= 15 is 0 Å². The van der Waals surface area contributed by atoms with Crippen LogP contribution < -0.4 is 0 Å². The Balaban J connectivity index is 1.86. The van der Waals surface area contributed by atoms with Crippen LogP contribution in [-0.2, 0) is 19.7 Å². The maximum absolute atomic E-state index is 12.0. The molecule has 3 atom stereocenters. The summed E-state index contributed by atoms with van der Waals surface area (Å²) in [7, 11) is 0. The fourth-order valence-electron chi connectivity index (χ4n) is 3.56. The first-order chi connectivity index (χ1) is 9.19. The highest BCUT2D eigenvalue weighted by Gasteiger charge is 2.64. The molecular weight excluding hydrogens is 240 g/mol. The molecule has 19 heavy (non-hydrogen) atoms. The van der Waals surface area contributed by atoms with Crippen LogP contribution in [0.3, 0.4) is 0 Å². The lowest BCUT2D eigenvalue weighted by molar-refractivity contribution is -0.153. The number of fused-ring (bicyclic) bond motifs is 1. The van der Waals surface area contributed by atoms with Crippen molar-refractivity contribution in [3.8, 4) is 0 Å². The third-order valence-corrected chi connectivity index (χ3v) is 4.59. The second-order valence-electron chi connectivity index (χ2n) is 5.53. The molecule has 0 amide bonds. The van der Waals surface area contributed by atoms with Gasteiger partial charge in [-0.15, -0.1) is 0 Å². The quantitative estimate of drug-likeness (QED) is 0.618. The van der Waals surface area contributed by atoms with Gasteiger partial charge in [0.2, 0.25) is 0 Å². The molecule has 0 spiro atoms. The van der Waals surface area contributed by atoms with Crippen molar-refractivity contribution in [1.29, 1.82) is 0 Å². The Morgan fingerprint density at radius 3 is 2.79 bits per heavy atom. The minimum absolute atomic E-state index is 0.0482. The Morgan fingerprint density at radius 2 is 2.11 bits per heavy atom. The van der Waals surface area contributed by atoms with Gasteiger partial charge in [0.1, 0.15) is 11.7 Å². The lowest BCUT2D eigenvalue weighted by Crippen LogP contribution is -2.35. The Morgan fingerprint density at radius 1 is 1.37 bits per heavy atom. The first-order valence-electron chi connectivity index (χ1n) is 6.94. The molecule has 3 heteroatoms. The molecule has 2 aliphatic carbocycles. The van der Waals surface area contributed by atoms with E-state index in [1.54, 1.807) is 6.92 Å². The fourth-order valence-corrected chi connectivity index (χ4v) is 3.56. The molecule has 0 heterocycles. The molecular formula is C16H18O3. The molecule has 1 aromatic carbocycles. The minimum Gasteiger partial charge on any atom is -0.465 e. The van der Waals surface area contributed by atoms with E-state index in [-0.39, 0.29) is 23.1 Å². The van der Waals surface area contributed by atoms with Crippen LogP contribution in [0, 0.1) is 11.8 Å². The second kappa shape index (κ2) is 4.48. The standard InChI is InChI=1S/C16H18O3/c1-2-19-15(18)14-12-10-16(12,9-8-13(14)17)11-6-4-3-5-7-11/h3-7,12,14H,2,8-10H2,1H3. The average Bonchev–Trinajstić information content (AvgIpc) is 3.15. The maximum atomic E-state index is 12.0. The SMILES string of the molecule is CCOC(=O)C1C(=O)CCC2(c3ccccc3)CC12. The number of rotatable bonds is 3. The molecule has 0 aromatic heterocycles. The van der Waals surface area contributed by atoms with Crippen molar-refractivity contribution in [2.24, 2.45) is 11.8 Å². The molecule has 0 saturated heterocycles. The van der Waals surface area contributed by atoms with Crippen molar-refractivity contribution < 1.29 is 14.3 Å².